The zero-order valence-corrected chi connectivity index (χ0v) is 23.9. The molecule has 2 fully saturated rings. The summed E-state index contributed by atoms with van der Waals surface area (Å²) in [6.07, 6.45) is 0.303. The molecule has 0 saturated carbocycles. The quantitative estimate of drug-likeness (QED) is 0.176. The van der Waals surface area contributed by atoms with E-state index in [1.54, 1.807) is 14.2 Å². The van der Waals surface area contributed by atoms with Gasteiger partial charge >= 0.3 is 0 Å². The van der Waals surface area contributed by atoms with Gasteiger partial charge in [-0.05, 0) is 47.6 Å². The molecular formula is C31H33BNO6P. The van der Waals surface area contributed by atoms with Crippen LogP contribution in [0.1, 0.15) is 23.1 Å². The fourth-order valence-electron chi connectivity index (χ4n) is 5.49. The van der Waals surface area contributed by atoms with E-state index in [0.717, 1.165) is 28.2 Å². The summed E-state index contributed by atoms with van der Waals surface area (Å²) < 4.78 is 36.9. The van der Waals surface area contributed by atoms with Gasteiger partial charge in [0.2, 0.25) is 0 Å². The molecule has 2 heterocycles. The molecule has 2 aliphatic rings. The first-order valence-electron chi connectivity index (χ1n) is 13.2. The third-order valence-corrected chi connectivity index (χ3v) is 9.01. The van der Waals surface area contributed by atoms with Crippen LogP contribution in [0, 0.1) is 11.3 Å². The van der Waals surface area contributed by atoms with Crippen LogP contribution in [0.25, 0.3) is 0 Å². The Balaban J connectivity index is 1.57. The standard InChI is InChI=1S/C31H33BNO6P/c1-34-25-14-10-23(11-15-25)31(22-8-5-4-6-9-22,24-12-16-26(35-2)17-13-24)37-21-30-20-36-27(29(32)38-30)28(30)39-40(3)19-7-18-33/h4-6,8-17,27-29H,7,19-21H2,1-3H3/t27-,28?,29+,30+,40?/m0/s1. The molecule has 5 rings (SSSR count). The second-order valence-electron chi connectivity index (χ2n) is 10.0. The number of rotatable bonds is 12. The normalized spacial score (nSPS) is 24.4. The molecule has 0 aromatic heterocycles. The highest BCUT2D eigenvalue weighted by Gasteiger charge is 2.62. The molecule has 2 radical (unpaired) electrons. The summed E-state index contributed by atoms with van der Waals surface area (Å²) in [5, 5.41) is 9.05. The monoisotopic (exact) mass is 557 g/mol. The Morgan fingerprint density at radius 2 is 1.52 bits per heavy atom. The van der Waals surface area contributed by atoms with Crippen molar-refractivity contribution in [2.45, 2.75) is 35.8 Å². The van der Waals surface area contributed by atoms with E-state index in [9.17, 15) is 0 Å². The first-order chi connectivity index (χ1) is 19.5. The number of ether oxygens (including phenoxy) is 5. The number of hydrogen-bond donors (Lipinski definition) is 0. The van der Waals surface area contributed by atoms with Crippen molar-refractivity contribution in [2.75, 3.05) is 40.3 Å². The molecule has 9 heteroatoms. The molecular weight excluding hydrogens is 524 g/mol. The lowest BCUT2D eigenvalue weighted by molar-refractivity contribution is -0.162. The molecule has 2 aliphatic heterocycles. The van der Waals surface area contributed by atoms with Crippen LogP contribution in [0.4, 0.5) is 0 Å². The Kier molecular flexibility index (Phi) is 8.80. The Bertz CT molecular complexity index is 1250. The zero-order chi connectivity index (χ0) is 28.2. The van der Waals surface area contributed by atoms with Crippen molar-refractivity contribution in [1.29, 1.82) is 5.26 Å². The summed E-state index contributed by atoms with van der Waals surface area (Å²) in [4.78, 5) is 0. The third kappa shape index (κ3) is 5.37. The highest BCUT2D eigenvalue weighted by molar-refractivity contribution is 7.51. The second kappa shape index (κ2) is 12.3. The first-order valence-corrected chi connectivity index (χ1v) is 15.1. The summed E-state index contributed by atoms with van der Waals surface area (Å²) in [5.41, 5.74) is 0.881. The van der Waals surface area contributed by atoms with Crippen LogP contribution in [0.5, 0.6) is 11.5 Å². The summed E-state index contributed by atoms with van der Waals surface area (Å²) in [7, 11) is 8.78. The van der Waals surface area contributed by atoms with Gasteiger partial charge in [0.25, 0.3) is 0 Å². The maximum absolute atomic E-state index is 9.05. The first kappa shape index (κ1) is 28.6. The van der Waals surface area contributed by atoms with Crippen molar-refractivity contribution >= 4 is 16.0 Å². The minimum atomic E-state index is -1.01. The van der Waals surface area contributed by atoms with E-state index in [1.165, 1.54) is 0 Å². The largest absolute Gasteiger partial charge is 0.497 e. The minimum Gasteiger partial charge on any atom is -0.497 e. The number of nitrogens with zero attached hydrogens (tertiary/aromatic N) is 1. The SMILES string of the molecule is [B][C@@H]1O[C@@]2(COC(c3ccccc3)(c3ccc(OC)cc3)c3ccc(OC)cc3)CO[C@H]1C2OP(C)CCC#N. The lowest BCUT2D eigenvalue weighted by Gasteiger charge is -2.40. The van der Waals surface area contributed by atoms with E-state index in [1.807, 2.05) is 73.4 Å². The van der Waals surface area contributed by atoms with Gasteiger partial charge in [0, 0.05) is 26.7 Å². The molecule has 5 atom stereocenters. The molecule has 0 N–H and O–H groups in total. The average molecular weight is 557 g/mol. The summed E-state index contributed by atoms with van der Waals surface area (Å²) in [6, 6.07) is 27.5. The smallest absolute Gasteiger partial charge is 0.143 e. The highest BCUT2D eigenvalue weighted by atomic mass is 31.1. The highest BCUT2D eigenvalue weighted by Crippen LogP contribution is 2.50. The number of methoxy groups -OCH3 is 2. The molecule has 40 heavy (non-hydrogen) atoms. The molecule has 3 aromatic rings. The molecule has 2 bridgehead atoms. The van der Waals surface area contributed by atoms with Crippen LogP contribution in [0.2, 0.25) is 0 Å². The van der Waals surface area contributed by atoms with Crippen molar-refractivity contribution in [3.8, 4) is 17.6 Å². The molecule has 206 valence electrons. The fourth-order valence-corrected chi connectivity index (χ4v) is 6.71. The van der Waals surface area contributed by atoms with Crippen molar-refractivity contribution in [3.05, 3.63) is 95.6 Å². The maximum atomic E-state index is 9.05. The zero-order valence-electron chi connectivity index (χ0n) is 23.0. The van der Waals surface area contributed by atoms with Gasteiger partial charge in [0.15, 0.2) is 0 Å². The predicted molar refractivity (Wildman–Crippen MR) is 154 cm³/mol. The number of fused-ring (bicyclic) bond motifs is 2. The molecule has 2 saturated heterocycles. The van der Waals surface area contributed by atoms with E-state index in [4.69, 9.17) is 41.3 Å². The van der Waals surface area contributed by atoms with Gasteiger partial charge in [-0.3, -0.25) is 0 Å². The lowest BCUT2D eigenvalue weighted by atomic mass is 9.79. The Hall–Kier alpha value is -2.92. The van der Waals surface area contributed by atoms with Crippen molar-refractivity contribution in [3.63, 3.8) is 0 Å². The summed E-state index contributed by atoms with van der Waals surface area (Å²) >= 11 is 0. The maximum Gasteiger partial charge on any atom is 0.143 e. The van der Waals surface area contributed by atoms with Crippen LogP contribution in [-0.2, 0) is 24.3 Å². The molecule has 0 aliphatic carbocycles. The Labute approximate surface area is 238 Å². The van der Waals surface area contributed by atoms with E-state index < -0.39 is 37.6 Å². The number of hydrogen-bond acceptors (Lipinski definition) is 7. The third-order valence-electron chi connectivity index (χ3n) is 7.57. The Morgan fingerprint density at radius 1 is 0.950 bits per heavy atom. The summed E-state index contributed by atoms with van der Waals surface area (Å²) in [6.45, 7) is 2.48. The van der Waals surface area contributed by atoms with E-state index in [-0.39, 0.29) is 6.61 Å². The van der Waals surface area contributed by atoms with Gasteiger partial charge in [-0.1, -0.05) is 54.6 Å². The van der Waals surface area contributed by atoms with Gasteiger partial charge < -0.3 is 28.2 Å². The van der Waals surface area contributed by atoms with Crippen molar-refractivity contribution in [1.82, 2.24) is 0 Å². The molecule has 0 spiro atoms. The second-order valence-corrected chi connectivity index (χ2v) is 11.9. The van der Waals surface area contributed by atoms with Gasteiger partial charge in [-0.25, -0.2) is 0 Å². The predicted octanol–water partition coefficient (Wildman–Crippen LogP) is 5.00. The van der Waals surface area contributed by atoms with Gasteiger partial charge in [0.05, 0.1) is 33.5 Å². The lowest BCUT2D eigenvalue weighted by Crippen LogP contribution is -2.49. The van der Waals surface area contributed by atoms with Crippen LogP contribution >= 0.6 is 8.15 Å². The van der Waals surface area contributed by atoms with Crippen molar-refractivity contribution < 1.29 is 28.2 Å². The average Bonchev–Trinajstić information content (AvgIpc) is 3.47. The van der Waals surface area contributed by atoms with Gasteiger partial charge in [-0.15, -0.1) is 0 Å². The number of benzene rings is 3. The van der Waals surface area contributed by atoms with Gasteiger partial charge in [-0.2, -0.15) is 5.26 Å². The molecule has 7 nitrogen and oxygen atoms in total. The summed E-state index contributed by atoms with van der Waals surface area (Å²) in [5.74, 6) is 1.50. The molecule has 2 unspecified atom stereocenters. The van der Waals surface area contributed by atoms with Crippen LogP contribution < -0.4 is 9.47 Å². The number of nitriles is 1. The van der Waals surface area contributed by atoms with E-state index >= 15 is 0 Å². The van der Waals surface area contributed by atoms with Gasteiger partial charge in [0.1, 0.15) is 42.8 Å². The molecule has 0 amide bonds. The van der Waals surface area contributed by atoms with E-state index in [2.05, 4.69) is 18.2 Å². The Morgan fingerprint density at radius 3 is 2.05 bits per heavy atom. The van der Waals surface area contributed by atoms with Crippen molar-refractivity contribution in [2.24, 2.45) is 0 Å². The minimum absolute atomic E-state index is 0.163. The molecule has 3 aromatic carbocycles. The van der Waals surface area contributed by atoms with Crippen LogP contribution in [-0.4, -0.2) is 71.9 Å². The fraction of sp³-hybridized carbons (Fsp3) is 0.387. The van der Waals surface area contributed by atoms with E-state index in [0.29, 0.717) is 19.2 Å². The topological polar surface area (TPSA) is 79.2 Å². The van der Waals surface area contributed by atoms with Crippen LogP contribution in [0.3, 0.4) is 0 Å². The van der Waals surface area contributed by atoms with Crippen LogP contribution in [0.15, 0.2) is 78.9 Å².